The van der Waals surface area contributed by atoms with Gasteiger partial charge in [-0.05, 0) is 48.7 Å². The van der Waals surface area contributed by atoms with E-state index in [0.29, 0.717) is 11.5 Å². The van der Waals surface area contributed by atoms with Gasteiger partial charge in [0.05, 0.1) is 30.1 Å². The molecule has 5 nitrogen and oxygen atoms in total. The molecule has 162 valence electrons. The van der Waals surface area contributed by atoms with E-state index < -0.39 is 10.0 Å². The minimum Gasteiger partial charge on any atom is -0.495 e. The molecule has 0 saturated carbocycles. The van der Waals surface area contributed by atoms with Crippen molar-refractivity contribution in [3.63, 3.8) is 0 Å². The summed E-state index contributed by atoms with van der Waals surface area (Å²) in [4.78, 5) is 1.13. The van der Waals surface area contributed by atoms with Crippen LogP contribution in [0.2, 0.25) is 0 Å². The van der Waals surface area contributed by atoms with Gasteiger partial charge in [0.2, 0.25) is 10.0 Å². The molecule has 0 spiro atoms. The Morgan fingerprint density at radius 1 is 0.903 bits per heavy atom. The highest BCUT2D eigenvalue weighted by molar-refractivity contribution is 8.00. The molecule has 0 aliphatic heterocycles. The fourth-order valence-electron chi connectivity index (χ4n) is 3.84. The molecule has 0 heterocycles. The van der Waals surface area contributed by atoms with Crippen LogP contribution in [0.5, 0.6) is 11.5 Å². The maximum absolute atomic E-state index is 13.2. The second-order valence-electron chi connectivity index (χ2n) is 7.46. The Labute approximate surface area is 187 Å². The second kappa shape index (κ2) is 8.94. The Balaban J connectivity index is 1.70. The average molecular weight is 456 g/mol. The zero-order valence-corrected chi connectivity index (χ0v) is 19.3. The monoisotopic (exact) mass is 455 g/mol. The van der Waals surface area contributed by atoms with E-state index in [1.807, 2.05) is 55.5 Å². The SMILES string of the molecule is COc1cccc(OC)c1S[C@H]1Cc2ccccc2[C@@H]1NS(=O)(=O)c1ccc(C)cc1. The Bertz CT molecular complexity index is 1150. The standard InChI is InChI=1S/C24H25NO4S2/c1-16-11-13-18(14-12-16)31(26,27)25-23-19-8-5-4-7-17(19)15-22(23)30-24-20(28-2)9-6-10-21(24)29-3/h4-14,22-23,25H,15H2,1-3H3/t22-,23-/m0/s1. The van der Waals surface area contributed by atoms with Crippen molar-refractivity contribution in [2.75, 3.05) is 14.2 Å². The molecule has 1 N–H and O–H groups in total. The van der Waals surface area contributed by atoms with Gasteiger partial charge in [-0.15, -0.1) is 11.8 Å². The molecule has 3 aromatic rings. The molecule has 0 amide bonds. The van der Waals surface area contributed by atoms with E-state index >= 15 is 0 Å². The van der Waals surface area contributed by atoms with Gasteiger partial charge in [-0.1, -0.05) is 48.0 Å². The largest absolute Gasteiger partial charge is 0.495 e. The zero-order valence-electron chi connectivity index (χ0n) is 17.7. The lowest BCUT2D eigenvalue weighted by atomic mass is 10.1. The highest BCUT2D eigenvalue weighted by Gasteiger charge is 2.37. The number of benzene rings is 3. The number of methoxy groups -OCH3 is 2. The molecule has 3 aromatic carbocycles. The summed E-state index contributed by atoms with van der Waals surface area (Å²) in [6, 6.07) is 20.2. The Kier molecular flexibility index (Phi) is 6.27. The van der Waals surface area contributed by atoms with Crippen LogP contribution in [0.25, 0.3) is 0 Å². The van der Waals surface area contributed by atoms with E-state index in [-0.39, 0.29) is 16.2 Å². The molecule has 0 bridgehead atoms. The van der Waals surface area contributed by atoms with Crippen LogP contribution in [-0.4, -0.2) is 27.9 Å². The number of rotatable bonds is 7. The number of hydrogen-bond donors (Lipinski definition) is 1. The maximum Gasteiger partial charge on any atom is 0.241 e. The number of thioether (sulfide) groups is 1. The normalized spacial score (nSPS) is 17.9. The Morgan fingerprint density at radius 3 is 2.19 bits per heavy atom. The number of aryl methyl sites for hydroxylation is 1. The van der Waals surface area contributed by atoms with Crippen LogP contribution in [0.15, 0.2) is 76.5 Å². The van der Waals surface area contributed by atoms with Crippen molar-refractivity contribution < 1.29 is 17.9 Å². The van der Waals surface area contributed by atoms with Crippen LogP contribution in [-0.2, 0) is 16.4 Å². The van der Waals surface area contributed by atoms with Gasteiger partial charge in [-0.2, -0.15) is 0 Å². The van der Waals surface area contributed by atoms with Crippen molar-refractivity contribution in [1.29, 1.82) is 0 Å². The van der Waals surface area contributed by atoms with Crippen molar-refractivity contribution >= 4 is 21.8 Å². The summed E-state index contributed by atoms with van der Waals surface area (Å²) in [6.45, 7) is 1.93. The third kappa shape index (κ3) is 4.44. The maximum atomic E-state index is 13.2. The Morgan fingerprint density at radius 2 is 1.55 bits per heavy atom. The quantitative estimate of drug-likeness (QED) is 0.557. The summed E-state index contributed by atoms with van der Waals surface area (Å²) >= 11 is 1.58. The van der Waals surface area contributed by atoms with E-state index in [4.69, 9.17) is 9.47 Å². The number of hydrogen-bond acceptors (Lipinski definition) is 5. The average Bonchev–Trinajstić information content (AvgIpc) is 3.10. The topological polar surface area (TPSA) is 64.6 Å². The molecule has 1 aliphatic carbocycles. The van der Waals surface area contributed by atoms with Gasteiger partial charge in [-0.25, -0.2) is 13.1 Å². The van der Waals surface area contributed by atoms with E-state index in [9.17, 15) is 8.42 Å². The summed E-state index contributed by atoms with van der Waals surface area (Å²) < 4.78 is 40.4. The second-order valence-corrected chi connectivity index (χ2v) is 10.4. The number of ether oxygens (including phenoxy) is 2. The number of sulfonamides is 1. The minimum atomic E-state index is -3.69. The molecule has 31 heavy (non-hydrogen) atoms. The van der Waals surface area contributed by atoms with Crippen LogP contribution in [0.3, 0.4) is 0 Å². The first-order valence-corrected chi connectivity index (χ1v) is 12.3. The first-order chi connectivity index (χ1) is 14.9. The summed E-state index contributed by atoms with van der Waals surface area (Å²) in [5.41, 5.74) is 3.16. The molecule has 4 rings (SSSR count). The fourth-order valence-corrected chi connectivity index (χ4v) is 6.64. The predicted molar refractivity (Wildman–Crippen MR) is 124 cm³/mol. The lowest BCUT2D eigenvalue weighted by Gasteiger charge is -2.23. The molecule has 0 fully saturated rings. The first kappa shape index (κ1) is 21.7. The molecule has 1 aliphatic rings. The molecule has 2 atom stereocenters. The molecule has 7 heteroatoms. The van der Waals surface area contributed by atoms with Gasteiger partial charge in [0.25, 0.3) is 0 Å². The predicted octanol–water partition coefficient (Wildman–Crippen LogP) is 4.75. The third-order valence-electron chi connectivity index (χ3n) is 5.45. The first-order valence-electron chi connectivity index (χ1n) is 9.97. The van der Waals surface area contributed by atoms with E-state index in [1.165, 1.54) is 0 Å². The van der Waals surface area contributed by atoms with Gasteiger partial charge in [0.15, 0.2) is 0 Å². The molecule has 0 radical (unpaired) electrons. The van der Waals surface area contributed by atoms with E-state index in [1.54, 1.807) is 38.1 Å². The summed E-state index contributed by atoms with van der Waals surface area (Å²) in [5, 5.41) is -0.0529. The van der Waals surface area contributed by atoms with Crippen molar-refractivity contribution in [3.8, 4) is 11.5 Å². The van der Waals surface area contributed by atoms with Gasteiger partial charge < -0.3 is 9.47 Å². The number of fused-ring (bicyclic) bond motifs is 1. The molecule has 0 unspecified atom stereocenters. The molecule has 0 saturated heterocycles. The lowest BCUT2D eigenvalue weighted by molar-refractivity contribution is 0.376. The van der Waals surface area contributed by atoms with Crippen molar-refractivity contribution in [1.82, 2.24) is 4.72 Å². The summed E-state index contributed by atoms with van der Waals surface area (Å²) in [5.74, 6) is 1.42. The van der Waals surface area contributed by atoms with Gasteiger partial charge in [-0.3, -0.25) is 0 Å². The van der Waals surface area contributed by atoms with Crippen LogP contribution in [0, 0.1) is 6.92 Å². The van der Waals surface area contributed by atoms with Crippen molar-refractivity contribution in [2.24, 2.45) is 0 Å². The number of nitrogens with one attached hydrogen (secondary N) is 1. The minimum absolute atomic E-state index is 0.0529. The highest BCUT2D eigenvalue weighted by atomic mass is 32.2. The van der Waals surface area contributed by atoms with Crippen LogP contribution in [0.1, 0.15) is 22.7 Å². The van der Waals surface area contributed by atoms with Crippen molar-refractivity contribution in [3.05, 3.63) is 83.4 Å². The van der Waals surface area contributed by atoms with Crippen LogP contribution >= 0.6 is 11.8 Å². The Hall–Kier alpha value is -2.48. The molecular weight excluding hydrogens is 430 g/mol. The summed E-state index contributed by atoms with van der Waals surface area (Å²) in [6.07, 6.45) is 0.739. The molecular formula is C24H25NO4S2. The smallest absolute Gasteiger partial charge is 0.241 e. The van der Waals surface area contributed by atoms with Gasteiger partial charge >= 0.3 is 0 Å². The van der Waals surface area contributed by atoms with Gasteiger partial charge in [0, 0.05) is 5.25 Å². The molecule has 0 aromatic heterocycles. The lowest BCUT2D eigenvalue weighted by Crippen LogP contribution is -2.32. The zero-order chi connectivity index (χ0) is 22.0. The highest BCUT2D eigenvalue weighted by Crippen LogP contribution is 2.47. The van der Waals surface area contributed by atoms with E-state index in [2.05, 4.69) is 10.8 Å². The van der Waals surface area contributed by atoms with Crippen molar-refractivity contribution in [2.45, 2.75) is 34.4 Å². The van der Waals surface area contributed by atoms with Crippen LogP contribution in [0.4, 0.5) is 0 Å². The van der Waals surface area contributed by atoms with Gasteiger partial charge in [0.1, 0.15) is 11.5 Å². The van der Waals surface area contributed by atoms with Crippen LogP contribution < -0.4 is 14.2 Å². The van der Waals surface area contributed by atoms with E-state index in [0.717, 1.165) is 28.0 Å². The third-order valence-corrected chi connectivity index (χ3v) is 8.28. The fraction of sp³-hybridized carbons (Fsp3) is 0.250. The summed E-state index contributed by atoms with van der Waals surface area (Å²) in [7, 11) is -0.436.